The van der Waals surface area contributed by atoms with Gasteiger partial charge in [-0.25, -0.2) is 4.68 Å². The van der Waals surface area contributed by atoms with E-state index in [4.69, 9.17) is 35.3 Å². The number of hydrogen-bond acceptors (Lipinski definition) is 8. The Morgan fingerprint density at radius 1 is 1.00 bits per heavy atom. The molecule has 1 N–H and O–H groups in total. The fourth-order valence-electron chi connectivity index (χ4n) is 3.03. The number of rotatable bonds is 11. The molecule has 0 saturated carbocycles. The number of aromatic nitrogens is 3. The molecule has 33 heavy (non-hydrogen) atoms. The topological polar surface area (TPSA) is 106 Å². The summed E-state index contributed by atoms with van der Waals surface area (Å²) in [6, 6.07) is 10.8. The van der Waals surface area contributed by atoms with Crippen molar-refractivity contribution in [1.29, 1.82) is 0 Å². The number of amides is 1. The van der Waals surface area contributed by atoms with Crippen molar-refractivity contribution in [3.05, 3.63) is 36.4 Å². The molecule has 0 aliphatic carbocycles. The molecular formula is C22H25ClN4O6. The molecular weight excluding hydrogens is 452 g/mol. The molecule has 10 nitrogen and oxygen atoms in total. The molecule has 0 aliphatic rings. The molecule has 0 spiro atoms. The molecule has 0 atom stereocenters. The smallest absolute Gasteiger partial charge is 0.336 e. The van der Waals surface area contributed by atoms with E-state index in [0.717, 1.165) is 0 Å². The van der Waals surface area contributed by atoms with Gasteiger partial charge in [0.05, 0.1) is 33.6 Å². The first-order chi connectivity index (χ1) is 16.0. The number of nitrogens with one attached hydrogen (secondary N) is 1. The van der Waals surface area contributed by atoms with Crippen LogP contribution in [-0.2, 0) is 9.53 Å². The van der Waals surface area contributed by atoms with Gasteiger partial charge < -0.3 is 29.0 Å². The lowest BCUT2D eigenvalue weighted by Crippen LogP contribution is -2.12. The Morgan fingerprint density at radius 3 is 2.21 bits per heavy atom. The number of anilines is 1. The van der Waals surface area contributed by atoms with Crippen LogP contribution in [-0.4, -0.2) is 68.2 Å². The average molecular weight is 477 g/mol. The van der Waals surface area contributed by atoms with Crippen LogP contribution in [0.3, 0.4) is 0 Å². The predicted molar refractivity (Wildman–Crippen MR) is 123 cm³/mol. The third kappa shape index (κ3) is 5.65. The molecule has 3 aromatic rings. The minimum Gasteiger partial charge on any atom is -0.493 e. The Kier molecular flexibility index (Phi) is 8.34. The van der Waals surface area contributed by atoms with Crippen LogP contribution in [0, 0.1) is 0 Å². The van der Waals surface area contributed by atoms with Crippen molar-refractivity contribution in [1.82, 2.24) is 14.8 Å². The van der Waals surface area contributed by atoms with Gasteiger partial charge in [-0.05, 0) is 36.4 Å². The number of alkyl halides is 1. The maximum absolute atomic E-state index is 11.5. The van der Waals surface area contributed by atoms with Gasteiger partial charge >= 0.3 is 6.01 Å². The van der Waals surface area contributed by atoms with Gasteiger partial charge in [0, 0.05) is 18.4 Å². The molecule has 0 saturated heterocycles. The summed E-state index contributed by atoms with van der Waals surface area (Å²) < 4.78 is 28.6. The summed E-state index contributed by atoms with van der Waals surface area (Å²) in [6.07, 6.45) is 0. The molecule has 2 aromatic carbocycles. The summed E-state index contributed by atoms with van der Waals surface area (Å²) in [7, 11) is 6.20. The van der Waals surface area contributed by atoms with Crippen LogP contribution in [0.25, 0.3) is 17.1 Å². The van der Waals surface area contributed by atoms with Crippen molar-refractivity contribution in [2.45, 2.75) is 0 Å². The SMILES string of the molecule is COCCOc1nc(-c2cc(OC)c(OC)c(OC)c2)n(-c2ccc(NC(=O)CCl)cc2)n1. The Morgan fingerprint density at radius 2 is 1.67 bits per heavy atom. The summed E-state index contributed by atoms with van der Waals surface area (Å²) in [6.45, 7) is 0.682. The van der Waals surface area contributed by atoms with Gasteiger partial charge in [0.1, 0.15) is 12.5 Å². The van der Waals surface area contributed by atoms with Gasteiger partial charge in [-0.2, -0.15) is 4.98 Å². The summed E-state index contributed by atoms with van der Waals surface area (Å²) in [5.41, 5.74) is 1.96. The van der Waals surface area contributed by atoms with E-state index in [9.17, 15) is 4.79 Å². The number of methoxy groups -OCH3 is 4. The first kappa shape index (κ1) is 24.1. The van der Waals surface area contributed by atoms with E-state index >= 15 is 0 Å². The van der Waals surface area contributed by atoms with Crippen LogP contribution in [0.5, 0.6) is 23.3 Å². The fraction of sp³-hybridized carbons (Fsp3) is 0.318. The maximum Gasteiger partial charge on any atom is 0.336 e. The lowest BCUT2D eigenvalue weighted by atomic mass is 10.1. The number of carbonyl (C=O) groups excluding carboxylic acids is 1. The zero-order chi connectivity index (χ0) is 23.8. The second kappa shape index (κ2) is 11.4. The molecule has 0 radical (unpaired) electrons. The van der Waals surface area contributed by atoms with Crippen LogP contribution >= 0.6 is 11.6 Å². The number of halogens is 1. The molecule has 1 amide bonds. The highest BCUT2D eigenvalue weighted by Crippen LogP contribution is 2.41. The average Bonchev–Trinajstić information content (AvgIpc) is 3.27. The van der Waals surface area contributed by atoms with Crippen LogP contribution < -0.4 is 24.3 Å². The molecule has 176 valence electrons. The van der Waals surface area contributed by atoms with Crippen LogP contribution in [0.1, 0.15) is 0 Å². The first-order valence-corrected chi connectivity index (χ1v) is 10.4. The standard InChI is InChI=1S/C22H25ClN4O6/c1-29-9-10-33-22-25-21(14-11-17(30-2)20(32-4)18(12-14)31-3)27(26-22)16-7-5-15(6-8-16)24-19(28)13-23/h5-8,11-12H,9-10,13H2,1-4H3,(H,24,28). The number of benzene rings is 2. The Balaban J connectivity index is 2.06. The lowest BCUT2D eigenvalue weighted by Gasteiger charge is -2.14. The molecule has 3 rings (SSSR count). The van der Waals surface area contributed by atoms with Gasteiger partial charge in [-0.1, -0.05) is 0 Å². The second-order valence-electron chi connectivity index (χ2n) is 6.61. The number of nitrogens with zero attached hydrogens (tertiary/aromatic N) is 3. The molecule has 1 heterocycles. The molecule has 0 unspecified atom stereocenters. The third-order valence-corrected chi connectivity index (χ3v) is 4.79. The maximum atomic E-state index is 11.5. The van der Waals surface area contributed by atoms with Crippen LogP contribution in [0.4, 0.5) is 5.69 Å². The van der Waals surface area contributed by atoms with Gasteiger partial charge in [0.2, 0.25) is 11.7 Å². The monoisotopic (exact) mass is 476 g/mol. The third-order valence-electron chi connectivity index (χ3n) is 4.55. The highest BCUT2D eigenvalue weighted by atomic mass is 35.5. The Bertz CT molecular complexity index is 1060. The van der Waals surface area contributed by atoms with Crippen molar-refractivity contribution in [2.24, 2.45) is 0 Å². The molecule has 0 fully saturated rings. The quantitative estimate of drug-likeness (QED) is 0.332. The van der Waals surface area contributed by atoms with E-state index < -0.39 is 0 Å². The molecule has 0 bridgehead atoms. The van der Waals surface area contributed by atoms with E-state index in [-0.39, 0.29) is 17.8 Å². The van der Waals surface area contributed by atoms with E-state index in [1.165, 1.54) is 7.11 Å². The fourth-order valence-corrected chi connectivity index (χ4v) is 3.09. The van der Waals surface area contributed by atoms with Crippen LogP contribution in [0.2, 0.25) is 0 Å². The molecule has 1 aromatic heterocycles. The Labute approximate surface area is 196 Å². The summed E-state index contributed by atoms with van der Waals surface area (Å²) in [4.78, 5) is 16.1. The summed E-state index contributed by atoms with van der Waals surface area (Å²) >= 11 is 5.56. The van der Waals surface area contributed by atoms with Gasteiger partial charge in [0.15, 0.2) is 17.3 Å². The molecule has 0 aliphatic heterocycles. The van der Waals surface area contributed by atoms with Crippen molar-refractivity contribution >= 4 is 23.2 Å². The highest BCUT2D eigenvalue weighted by Gasteiger charge is 2.20. The number of carbonyl (C=O) groups is 1. The van der Waals surface area contributed by atoms with E-state index in [1.54, 1.807) is 62.4 Å². The minimum absolute atomic E-state index is 0.127. The first-order valence-electron chi connectivity index (χ1n) is 9.90. The normalized spacial score (nSPS) is 10.6. The minimum atomic E-state index is -0.294. The zero-order valence-electron chi connectivity index (χ0n) is 18.8. The predicted octanol–water partition coefficient (Wildman–Crippen LogP) is 3.16. The van der Waals surface area contributed by atoms with Crippen molar-refractivity contribution in [3.63, 3.8) is 0 Å². The van der Waals surface area contributed by atoms with Gasteiger partial charge in [-0.15, -0.1) is 16.7 Å². The molecule has 11 heteroatoms. The van der Waals surface area contributed by atoms with E-state index in [1.807, 2.05) is 0 Å². The zero-order valence-corrected chi connectivity index (χ0v) is 19.5. The van der Waals surface area contributed by atoms with Crippen molar-refractivity contribution in [2.75, 3.05) is 52.8 Å². The highest BCUT2D eigenvalue weighted by molar-refractivity contribution is 6.29. The lowest BCUT2D eigenvalue weighted by molar-refractivity contribution is -0.113. The van der Waals surface area contributed by atoms with Gasteiger partial charge in [-0.3, -0.25) is 4.79 Å². The second-order valence-corrected chi connectivity index (χ2v) is 6.88. The van der Waals surface area contributed by atoms with E-state index in [0.29, 0.717) is 53.2 Å². The van der Waals surface area contributed by atoms with E-state index in [2.05, 4.69) is 15.4 Å². The van der Waals surface area contributed by atoms with Crippen molar-refractivity contribution < 1.29 is 28.5 Å². The summed E-state index contributed by atoms with van der Waals surface area (Å²) in [5, 5.41) is 7.19. The number of ether oxygens (including phenoxy) is 5. The van der Waals surface area contributed by atoms with Crippen LogP contribution in [0.15, 0.2) is 36.4 Å². The number of hydrogen-bond donors (Lipinski definition) is 1. The summed E-state index contributed by atoms with van der Waals surface area (Å²) in [5.74, 6) is 1.48. The van der Waals surface area contributed by atoms with Gasteiger partial charge in [0.25, 0.3) is 0 Å². The van der Waals surface area contributed by atoms with Crippen molar-refractivity contribution in [3.8, 4) is 40.3 Å². The Hall–Kier alpha value is -3.50. The largest absolute Gasteiger partial charge is 0.493 e.